The molecular weight excluding hydrogens is 356 g/mol. The molecule has 7 nitrogen and oxygen atoms in total. The minimum Gasteiger partial charge on any atom is -0.384 e. The Morgan fingerprint density at radius 2 is 1.75 bits per heavy atom. The number of allylic oxidation sites excluding steroid dienone is 2. The number of benzene rings is 1. The summed E-state index contributed by atoms with van der Waals surface area (Å²) >= 11 is 0. The highest BCUT2D eigenvalue weighted by molar-refractivity contribution is 6.08. The first-order valence-corrected chi connectivity index (χ1v) is 9.20. The van der Waals surface area contributed by atoms with Crippen molar-refractivity contribution in [3.05, 3.63) is 71.8 Å². The second-order valence-electron chi connectivity index (χ2n) is 6.70. The minimum absolute atomic E-state index is 0.178. The van der Waals surface area contributed by atoms with Crippen LogP contribution in [-0.2, 0) is 16.1 Å². The number of hydrogen-bond donors (Lipinski definition) is 3. The van der Waals surface area contributed by atoms with Gasteiger partial charge in [-0.15, -0.1) is 0 Å². The van der Waals surface area contributed by atoms with Crippen molar-refractivity contribution in [2.45, 2.75) is 19.1 Å². The van der Waals surface area contributed by atoms with Gasteiger partial charge in [-0.2, -0.15) is 0 Å². The third-order valence-corrected chi connectivity index (χ3v) is 4.84. The van der Waals surface area contributed by atoms with E-state index in [0.29, 0.717) is 18.7 Å². The van der Waals surface area contributed by atoms with E-state index < -0.39 is 6.10 Å². The van der Waals surface area contributed by atoms with Crippen molar-refractivity contribution in [2.75, 3.05) is 26.2 Å². The van der Waals surface area contributed by atoms with Crippen LogP contribution in [0.1, 0.15) is 12.0 Å². The molecule has 1 heterocycles. The maximum atomic E-state index is 12.4. The number of carbonyl (C=O) groups is 2. The molecule has 1 aliphatic carbocycles. The van der Waals surface area contributed by atoms with Gasteiger partial charge in [-0.25, -0.2) is 0 Å². The van der Waals surface area contributed by atoms with Gasteiger partial charge in [0.1, 0.15) is 6.10 Å². The van der Waals surface area contributed by atoms with E-state index in [2.05, 4.69) is 35.3 Å². The number of rotatable bonds is 5. The molecule has 28 heavy (non-hydrogen) atoms. The fourth-order valence-corrected chi connectivity index (χ4v) is 3.25. The highest BCUT2D eigenvalue weighted by atomic mass is 16.3. The third-order valence-electron chi connectivity index (χ3n) is 4.84. The predicted octanol–water partition coefficient (Wildman–Crippen LogP) is 0.522. The number of nitrogens with two attached hydrogens (primary N) is 2. The van der Waals surface area contributed by atoms with Crippen LogP contribution in [0.3, 0.4) is 0 Å². The molecule has 1 unspecified atom stereocenters. The van der Waals surface area contributed by atoms with Crippen molar-refractivity contribution in [1.29, 1.82) is 0 Å². The van der Waals surface area contributed by atoms with Gasteiger partial charge in [0.2, 0.25) is 5.91 Å². The number of hydrogen-bond acceptors (Lipinski definition) is 6. The SMILES string of the molecule is C=C1C=CC=C(C(=O)CC(=O)N2CCN(Cc3ccccc3)CC2)C1O.NN. The van der Waals surface area contributed by atoms with Gasteiger partial charge in [0, 0.05) is 38.3 Å². The van der Waals surface area contributed by atoms with Crippen LogP contribution in [0.25, 0.3) is 0 Å². The summed E-state index contributed by atoms with van der Waals surface area (Å²) < 4.78 is 0. The number of Topliss-reactive ketones (excluding diaryl/α,β-unsaturated/α-hetero) is 1. The number of aliphatic hydroxyl groups excluding tert-OH is 1. The van der Waals surface area contributed by atoms with E-state index >= 15 is 0 Å². The van der Waals surface area contributed by atoms with Crippen molar-refractivity contribution < 1.29 is 14.7 Å². The number of amides is 1. The fourth-order valence-electron chi connectivity index (χ4n) is 3.25. The van der Waals surface area contributed by atoms with Crippen LogP contribution >= 0.6 is 0 Å². The largest absolute Gasteiger partial charge is 0.384 e. The molecule has 1 aliphatic heterocycles. The Morgan fingerprint density at radius 3 is 2.39 bits per heavy atom. The lowest BCUT2D eigenvalue weighted by Gasteiger charge is -2.34. The van der Waals surface area contributed by atoms with Crippen LogP contribution < -0.4 is 11.7 Å². The van der Waals surface area contributed by atoms with E-state index in [4.69, 9.17) is 0 Å². The number of carbonyl (C=O) groups excluding carboxylic acids is 2. The summed E-state index contributed by atoms with van der Waals surface area (Å²) in [6.45, 7) is 7.40. The number of hydrazine groups is 1. The molecule has 0 aromatic heterocycles. The number of piperazine rings is 1. The summed E-state index contributed by atoms with van der Waals surface area (Å²) in [5, 5.41) is 10.0. The van der Waals surface area contributed by atoms with Crippen molar-refractivity contribution >= 4 is 11.7 Å². The molecule has 1 aromatic rings. The van der Waals surface area contributed by atoms with Gasteiger partial charge in [0.15, 0.2) is 5.78 Å². The summed E-state index contributed by atoms with van der Waals surface area (Å²) in [5.41, 5.74) is 1.97. The second kappa shape index (κ2) is 10.7. The second-order valence-corrected chi connectivity index (χ2v) is 6.70. The number of aliphatic hydroxyl groups is 1. The normalized spacial score (nSPS) is 19.5. The molecule has 150 valence electrons. The summed E-state index contributed by atoms with van der Waals surface area (Å²) in [4.78, 5) is 28.8. The fraction of sp³-hybridized carbons (Fsp3) is 0.333. The quantitative estimate of drug-likeness (QED) is 0.388. The Bertz CT molecular complexity index is 750. The first-order valence-electron chi connectivity index (χ1n) is 9.20. The first kappa shape index (κ1) is 21.7. The van der Waals surface area contributed by atoms with Gasteiger partial charge in [-0.3, -0.25) is 26.2 Å². The van der Waals surface area contributed by atoms with Crippen LogP contribution in [0.2, 0.25) is 0 Å². The molecule has 5 N–H and O–H groups in total. The molecule has 1 fully saturated rings. The van der Waals surface area contributed by atoms with E-state index in [1.54, 1.807) is 23.1 Å². The summed E-state index contributed by atoms with van der Waals surface area (Å²) in [7, 11) is 0. The highest BCUT2D eigenvalue weighted by Gasteiger charge is 2.27. The van der Waals surface area contributed by atoms with Gasteiger partial charge in [0.05, 0.1) is 6.42 Å². The molecule has 1 saturated heterocycles. The van der Waals surface area contributed by atoms with Gasteiger partial charge in [0.25, 0.3) is 0 Å². The molecule has 2 aliphatic rings. The average molecular weight is 384 g/mol. The van der Waals surface area contributed by atoms with Crippen molar-refractivity contribution in [3.63, 3.8) is 0 Å². The van der Waals surface area contributed by atoms with Crippen LogP contribution in [-0.4, -0.2) is 58.9 Å². The predicted molar refractivity (Wildman–Crippen MR) is 109 cm³/mol. The Labute approximate surface area is 165 Å². The lowest BCUT2D eigenvalue weighted by Crippen LogP contribution is -2.48. The molecule has 7 heteroatoms. The molecular formula is C21H28N4O3. The van der Waals surface area contributed by atoms with Crippen molar-refractivity contribution in [2.24, 2.45) is 11.7 Å². The van der Waals surface area contributed by atoms with Gasteiger partial charge in [-0.05, 0) is 11.1 Å². The lowest BCUT2D eigenvalue weighted by molar-refractivity contribution is -0.136. The summed E-state index contributed by atoms with van der Waals surface area (Å²) in [5.74, 6) is 7.49. The van der Waals surface area contributed by atoms with E-state index in [1.807, 2.05) is 18.2 Å². The van der Waals surface area contributed by atoms with E-state index in [0.717, 1.165) is 19.6 Å². The summed E-state index contributed by atoms with van der Waals surface area (Å²) in [6, 6.07) is 10.3. The monoisotopic (exact) mass is 384 g/mol. The molecule has 0 radical (unpaired) electrons. The van der Waals surface area contributed by atoms with Crippen LogP contribution in [0.4, 0.5) is 0 Å². The Morgan fingerprint density at radius 1 is 1.11 bits per heavy atom. The Hall–Kier alpha value is -2.58. The molecule has 1 atom stereocenters. The van der Waals surface area contributed by atoms with Crippen molar-refractivity contribution in [1.82, 2.24) is 9.80 Å². The number of ketones is 1. The van der Waals surface area contributed by atoms with Gasteiger partial charge < -0.3 is 10.0 Å². The number of nitrogens with zero attached hydrogens (tertiary/aromatic N) is 2. The molecule has 1 aromatic carbocycles. The summed E-state index contributed by atoms with van der Waals surface area (Å²) in [6.07, 6.45) is 3.68. The minimum atomic E-state index is -1.01. The zero-order chi connectivity index (χ0) is 20.5. The van der Waals surface area contributed by atoms with Crippen LogP contribution in [0, 0.1) is 0 Å². The first-order chi connectivity index (χ1) is 13.5. The highest BCUT2D eigenvalue weighted by Crippen LogP contribution is 2.20. The maximum Gasteiger partial charge on any atom is 0.230 e. The third kappa shape index (κ3) is 5.71. The van der Waals surface area contributed by atoms with Gasteiger partial charge in [-0.1, -0.05) is 55.1 Å². The molecule has 0 spiro atoms. The molecule has 0 bridgehead atoms. The van der Waals surface area contributed by atoms with E-state index in [9.17, 15) is 14.7 Å². The topological polar surface area (TPSA) is 113 Å². The smallest absolute Gasteiger partial charge is 0.230 e. The lowest BCUT2D eigenvalue weighted by atomic mass is 9.93. The maximum absolute atomic E-state index is 12.4. The van der Waals surface area contributed by atoms with E-state index in [-0.39, 0.29) is 23.7 Å². The Kier molecular flexibility index (Phi) is 8.28. The molecule has 3 rings (SSSR count). The molecule has 1 amide bonds. The molecule has 0 saturated carbocycles. The van der Waals surface area contributed by atoms with E-state index in [1.165, 1.54) is 5.56 Å². The Balaban J connectivity index is 0.00000136. The van der Waals surface area contributed by atoms with Crippen molar-refractivity contribution in [3.8, 4) is 0 Å². The zero-order valence-electron chi connectivity index (χ0n) is 16.0. The average Bonchev–Trinajstić information content (AvgIpc) is 2.72. The zero-order valence-corrected chi connectivity index (χ0v) is 16.0. The van der Waals surface area contributed by atoms with Crippen LogP contribution in [0.5, 0.6) is 0 Å². The van der Waals surface area contributed by atoms with Gasteiger partial charge >= 0.3 is 0 Å². The van der Waals surface area contributed by atoms with Crippen LogP contribution in [0.15, 0.2) is 66.3 Å². The standard InChI is InChI=1S/C21H24N2O3.H4N2/c1-16-6-5-9-18(21(16)26)19(24)14-20(25)23-12-10-22(11-13-23)15-17-7-3-2-4-8-17;1-2/h2-9,21,26H,1,10-15H2;1-2H2.